The molecule has 3 heterocycles. The molecule has 0 aliphatic carbocycles. The molecule has 1 unspecified atom stereocenters. The van der Waals surface area contributed by atoms with Gasteiger partial charge in [-0.1, -0.05) is 23.5 Å². The van der Waals surface area contributed by atoms with Crippen LogP contribution in [0.2, 0.25) is 0 Å². The normalized spacial score (nSPS) is 16.4. The second-order valence-electron chi connectivity index (χ2n) is 6.57. The maximum Gasteiger partial charge on any atom is 0.248 e. The van der Waals surface area contributed by atoms with Crippen molar-refractivity contribution in [2.45, 2.75) is 24.6 Å². The average molecular weight is 413 g/mol. The van der Waals surface area contributed by atoms with Gasteiger partial charge in [-0.05, 0) is 42.7 Å². The van der Waals surface area contributed by atoms with E-state index in [1.165, 1.54) is 11.3 Å². The van der Waals surface area contributed by atoms with Crippen molar-refractivity contribution in [1.29, 1.82) is 0 Å². The Labute approximate surface area is 171 Å². The fourth-order valence-corrected chi connectivity index (χ4v) is 5.01. The largest absolute Gasteiger partial charge is 0.330 e. The predicted octanol–water partition coefficient (Wildman–Crippen LogP) is 3.55. The lowest BCUT2D eigenvalue weighted by Gasteiger charge is -2.23. The molecule has 1 aromatic carbocycles. The van der Waals surface area contributed by atoms with Crippen molar-refractivity contribution >= 4 is 50.3 Å². The summed E-state index contributed by atoms with van der Waals surface area (Å²) in [6.07, 6.45) is 5.04. The van der Waals surface area contributed by atoms with Gasteiger partial charge in [0, 0.05) is 24.7 Å². The first-order valence-corrected chi connectivity index (χ1v) is 11.1. The number of anilines is 1. The van der Waals surface area contributed by atoms with Crippen LogP contribution in [0.25, 0.3) is 10.2 Å². The second-order valence-corrected chi connectivity index (χ2v) is 8.59. The molecular formula is C20H20N4O2S2. The summed E-state index contributed by atoms with van der Waals surface area (Å²) < 4.78 is 1.03. The number of carbonyl (C=O) groups is 2. The third-order valence-corrected chi connectivity index (χ3v) is 6.58. The number of rotatable bonds is 6. The molecule has 2 aromatic heterocycles. The Morgan fingerprint density at radius 1 is 1.21 bits per heavy atom. The summed E-state index contributed by atoms with van der Waals surface area (Å²) in [5.41, 5.74) is 2.01. The third kappa shape index (κ3) is 4.34. The summed E-state index contributed by atoms with van der Waals surface area (Å²) >= 11 is 3.01. The van der Waals surface area contributed by atoms with Crippen molar-refractivity contribution in [2.75, 3.05) is 17.6 Å². The van der Waals surface area contributed by atoms with Gasteiger partial charge in [0.05, 0.1) is 16.0 Å². The quantitative estimate of drug-likeness (QED) is 0.670. The smallest absolute Gasteiger partial charge is 0.248 e. The van der Waals surface area contributed by atoms with Gasteiger partial charge in [0.25, 0.3) is 0 Å². The van der Waals surface area contributed by atoms with E-state index in [2.05, 4.69) is 15.3 Å². The zero-order chi connectivity index (χ0) is 19.3. The number of benzene rings is 1. The fraction of sp³-hybridized carbons (Fsp3) is 0.300. The van der Waals surface area contributed by atoms with Crippen LogP contribution in [0.15, 0.2) is 48.8 Å². The molecular weight excluding hydrogens is 392 g/mol. The van der Waals surface area contributed by atoms with Gasteiger partial charge < -0.3 is 10.2 Å². The number of nitrogens with one attached hydrogen (secondary N) is 1. The lowest BCUT2D eigenvalue weighted by molar-refractivity contribution is -0.134. The summed E-state index contributed by atoms with van der Waals surface area (Å²) in [6.45, 7) is 0.632. The van der Waals surface area contributed by atoms with Crippen molar-refractivity contribution < 1.29 is 9.59 Å². The van der Waals surface area contributed by atoms with E-state index in [1.54, 1.807) is 29.1 Å². The SMILES string of the molecule is O=C(Nc1nc2ccccc2s1)C1CCCN1C(=O)CSCc1ccncc1. The molecule has 2 amide bonds. The first kappa shape index (κ1) is 18.9. The molecule has 3 aromatic rings. The van der Waals surface area contributed by atoms with Gasteiger partial charge >= 0.3 is 0 Å². The number of likely N-dealkylation sites (tertiary alicyclic amines) is 1. The molecule has 1 N–H and O–H groups in total. The number of thioether (sulfide) groups is 1. The molecule has 144 valence electrons. The first-order valence-electron chi connectivity index (χ1n) is 9.13. The highest BCUT2D eigenvalue weighted by molar-refractivity contribution is 7.99. The van der Waals surface area contributed by atoms with Gasteiger partial charge in [0.15, 0.2) is 5.13 Å². The minimum Gasteiger partial charge on any atom is -0.330 e. The Bertz CT molecular complexity index is 944. The van der Waals surface area contributed by atoms with Crippen molar-refractivity contribution in [3.05, 3.63) is 54.4 Å². The Kier molecular flexibility index (Phi) is 5.87. The van der Waals surface area contributed by atoms with Crippen LogP contribution in [-0.4, -0.2) is 45.0 Å². The number of nitrogens with zero attached hydrogens (tertiary/aromatic N) is 3. The summed E-state index contributed by atoms with van der Waals surface area (Å²) in [7, 11) is 0. The van der Waals surface area contributed by atoms with Crippen LogP contribution in [0.1, 0.15) is 18.4 Å². The van der Waals surface area contributed by atoms with E-state index in [9.17, 15) is 9.59 Å². The van der Waals surface area contributed by atoms with Gasteiger partial charge in [-0.15, -0.1) is 11.8 Å². The van der Waals surface area contributed by atoms with Crippen molar-refractivity contribution in [3.63, 3.8) is 0 Å². The fourth-order valence-electron chi connectivity index (χ4n) is 3.27. The number of thiazole rings is 1. The molecule has 1 saturated heterocycles. The minimum atomic E-state index is -0.416. The van der Waals surface area contributed by atoms with Crippen molar-refractivity contribution in [3.8, 4) is 0 Å². The van der Waals surface area contributed by atoms with Crippen LogP contribution in [0, 0.1) is 0 Å². The highest BCUT2D eigenvalue weighted by Gasteiger charge is 2.34. The monoisotopic (exact) mass is 412 g/mol. The zero-order valence-corrected chi connectivity index (χ0v) is 16.8. The standard InChI is InChI=1S/C20H20N4O2S2/c25-18(13-27-12-14-7-9-21-10-8-14)24-11-3-5-16(24)19(26)23-20-22-15-4-1-2-6-17(15)28-20/h1-2,4,6-10,16H,3,5,11-13H2,(H,22,23,26). The molecule has 8 heteroatoms. The Morgan fingerprint density at radius 3 is 2.86 bits per heavy atom. The van der Waals surface area contributed by atoms with Gasteiger partial charge in [-0.2, -0.15) is 0 Å². The van der Waals surface area contributed by atoms with Crippen molar-refractivity contribution in [1.82, 2.24) is 14.9 Å². The molecule has 4 rings (SSSR count). The Hall–Kier alpha value is -2.45. The molecule has 0 bridgehead atoms. The van der Waals surface area contributed by atoms with E-state index in [-0.39, 0.29) is 11.8 Å². The van der Waals surface area contributed by atoms with E-state index in [1.807, 2.05) is 36.4 Å². The van der Waals surface area contributed by atoms with Crippen LogP contribution in [-0.2, 0) is 15.3 Å². The number of amides is 2. The van der Waals surface area contributed by atoms with Gasteiger partial charge in [0.1, 0.15) is 6.04 Å². The maximum absolute atomic E-state index is 12.7. The summed E-state index contributed by atoms with van der Waals surface area (Å²) in [4.78, 5) is 35.6. The maximum atomic E-state index is 12.7. The lowest BCUT2D eigenvalue weighted by atomic mass is 10.2. The zero-order valence-electron chi connectivity index (χ0n) is 15.2. The van der Waals surface area contributed by atoms with E-state index in [4.69, 9.17) is 0 Å². The Balaban J connectivity index is 1.34. The second kappa shape index (κ2) is 8.70. The number of pyridine rings is 1. The van der Waals surface area contributed by atoms with Gasteiger partial charge in [-0.25, -0.2) is 4.98 Å². The minimum absolute atomic E-state index is 0.0148. The molecule has 0 spiro atoms. The molecule has 1 atom stereocenters. The molecule has 1 aliphatic heterocycles. The van der Waals surface area contributed by atoms with E-state index in [0.29, 0.717) is 23.8 Å². The number of hydrogen-bond acceptors (Lipinski definition) is 6. The van der Waals surface area contributed by atoms with E-state index < -0.39 is 6.04 Å². The van der Waals surface area contributed by atoms with Gasteiger partial charge in [-0.3, -0.25) is 14.6 Å². The molecule has 1 aliphatic rings. The molecule has 0 radical (unpaired) electrons. The van der Waals surface area contributed by atoms with E-state index in [0.717, 1.165) is 28.0 Å². The van der Waals surface area contributed by atoms with Gasteiger partial charge in [0.2, 0.25) is 11.8 Å². The van der Waals surface area contributed by atoms with Crippen LogP contribution < -0.4 is 5.32 Å². The van der Waals surface area contributed by atoms with Crippen LogP contribution in [0.3, 0.4) is 0 Å². The lowest BCUT2D eigenvalue weighted by Crippen LogP contribution is -2.43. The Morgan fingerprint density at radius 2 is 2.04 bits per heavy atom. The number of fused-ring (bicyclic) bond motifs is 1. The number of para-hydroxylation sites is 1. The predicted molar refractivity (Wildman–Crippen MR) is 113 cm³/mol. The summed E-state index contributed by atoms with van der Waals surface area (Å²) in [6, 6.07) is 11.3. The van der Waals surface area contributed by atoms with Crippen LogP contribution in [0.5, 0.6) is 0 Å². The topological polar surface area (TPSA) is 75.2 Å². The third-order valence-electron chi connectivity index (χ3n) is 4.64. The summed E-state index contributed by atoms with van der Waals surface area (Å²) in [5, 5.41) is 3.48. The molecule has 1 fully saturated rings. The molecule has 6 nitrogen and oxygen atoms in total. The molecule has 28 heavy (non-hydrogen) atoms. The number of aromatic nitrogens is 2. The van der Waals surface area contributed by atoms with Crippen molar-refractivity contribution in [2.24, 2.45) is 0 Å². The number of carbonyl (C=O) groups excluding carboxylic acids is 2. The number of hydrogen-bond donors (Lipinski definition) is 1. The van der Waals surface area contributed by atoms with Crippen LogP contribution in [0.4, 0.5) is 5.13 Å². The summed E-state index contributed by atoms with van der Waals surface area (Å²) in [5.74, 6) is 0.989. The average Bonchev–Trinajstić information content (AvgIpc) is 3.35. The first-order chi connectivity index (χ1) is 13.7. The highest BCUT2D eigenvalue weighted by atomic mass is 32.2. The highest BCUT2D eigenvalue weighted by Crippen LogP contribution is 2.27. The van der Waals surface area contributed by atoms with Crippen LogP contribution >= 0.6 is 23.1 Å². The van der Waals surface area contributed by atoms with E-state index >= 15 is 0 Å². The molecule has 0 saturated carbocycles.